The van der Waals surface area contributed by atoms with Gasteiger partial charge >= 0.3 is 0 Å². The summed E-state index contributed by atoms with van der Waals surface area (Å²) in [6, 6.07) is 0. The fraction of sp³-hybridized carbons (Fsp3) is 0.200. The molecular formula is C20H21Cl2F3N2O3. The first-order valence-electron chi connectivity index (χ1n) is 8.31. The number of halogens is 5. The van der Waals surface area contributed by atoms with Crippen molar-refractivity contribution in [2.45, 2.75) is 6.42 Å². The Hall–Kier alpha value is -2.71. The normalized spacial score (nSPS) is 12.8. The molecule has 10 heteroatoms. The Balaban J connectivity index is 4.39. The van der Waals surface area contributed by atoms with E-state index in [0.29, 0.717) is 5.54 Å². The molecular weight excluding hydrogens is 444 g/mol. The van der Waals surface area contributed by atoms with Crippen LogP contribution in [0.1, 0.15) is 6.42 Å². The summed E-state index contributed by atoms with van der Waals surface area (Å²) >= 11 is 10.6. The average molecular weight is 465 g/mol. The van der Waals surface area contributed by atoms with E-state index in [0.717, 1.165) is 12.2 Å². The molecule has 0 aliphatic carbocycles. The van der Waals surface area contributed by atoms with Crippen molar-refractivity contribution in [3.05, 3.63) is 83.4 Å². The maximum Gasteiger partial charge on any atom is 0.257 e. The summed E-state index contributed by atoms with van der Waals surface area (Å²) in [6.45, 7) is 9.39. The Morgan fingerprint density at radius 2 is 1.80 bits per heavy atom. The Kier molecular flexibility index (Phi) is 13.8. The first-order valence-corrected chi connectivity index (χ1v) is 9.12. The standard InChI is InChI=1S/C20H21Cl2F3N2O3/c1-4-17(8-16(24)9-21)30-12-19(28)26-6-5-13(2)20(29)27-11-15(10-23)18(25)7-14(3)22/h4,7-10H,1-3,5-6,11-12H2,(H,26,28)(H,27,29)/b15-10+,16-9-,17-8+,18-7+. The molecule has 0 fully saturated rings. The van der Waals surface area contributed by atoms with Gasteiger partial charge in [-0.25, -0.2) is 13.2 Å². The van der Waals surface area contributed by atoms with E-state index in [-0.39, 0.29) is 35.7 Å². The highest BCUT2D eigenvalue weighted by Gasteiger charge is 2.11. The van der Waals surface area contributed by atoms with Crippen molar-refractivity contribution in [1.29, 1.82) is 0 Å². The van der Waals surface area contributed by atoms with Crippen molar-refractivity contribution in [3.63, 3.8) is 0 Å². The van der Waals surface area contributed by atoms with Crippen molar-refractivity contribution in [1.82, 2.24) is 10.6 Å². The van der Waals surface area contributed by atoms with Crippen molar-refractivity contribution in [2.75, 3.05) is 19.7 Å². The number of carbonyl (C=O) groups excluding carboxylic acids is 2. The van der Waals surface area contributed by atoms with Gasteiger partial charge in [0.25, 0.3) is 5.91 Å². The second-order valence-electron chi connectivity index (χ2n) is 5.49. The van der Waals surface area contributed by atoms with Crippen LogP contribution in [0, 0.1) is 0 Å². The predicted molar refractivity (Wildman–Crippen MR) is 112 cm³/mol. The van der Waals surface area contributed by atoms with E-state index in [1.807, 2.05) is 0 Å². The molecule has 0 atom stereocenters. The van der Waals surface area contributed by atoms with Gasteiger partial charge in [-0.05, 0) is 18.6 Å². The lowest BCUT2D eigenvalue weighted by Gasteiger charge is -2.10. The maximum atomic E-state index is 13.6. The van der Waals surface area contributed by atoms with E-state index in [1.54, 1.807) is 0 Å². The number of hydrogen-bond donors (Lipinski definition) is 2. The van der Waals surface area contributed by atoms with Gasteiger partial charge in [0.05, 0.1) is 6.33 Å². The first-order chi connectivity index (χ1) is 14.1. The molecule has 30 heavy (non-hydrogen) atoms. The highest BCUT2D eigenvalue weighted by molar-refractivity contribution is 6.30. The topological polar surface area (TPSA) is 67.4 Å². The van der Waals surface area contributed by atoms with Crippen LogP contribution in [0.3, 0.4) is 0 Å². The van der Waals surface area contributed by atoms with Crippen LogP contribution < -0.4 is 10.6 Å². The first kappa shape index (κ1) is 27.3. The van der Waals surface area contributed by atoms with Gasteiger partial charge in [-0.2, -0.15) is 0 Å². The second-order valence-corrected chi connectivity index (χ2v) is 6.20. The molecule has 0 saturated heterocycles. The third-order valence-corrected chi connectivity index (χ3v) is 3.50. The molecule has 0 spiro atoms. The quantitative estimate of drug-likeness (QED) is 0.234. The molecule has 2 N–H and O–H groups in total. The van der Waals surface area contributed by atoms with Gasteiger partial charge in [0.1, 0.15) is 17.4 Å². The summed E-state index contributed by atoms with van der Waals surface area (Å²) in [7, 11) is 0. The Morgan fingerprint density at radius 3 is 2.33 bits per heavy atom. The number of allylic oxidation sites excluding steroid dienone is 5. The highest BCUT2D eigenvalue weighted by Crippen LogP contribution is 2.15. The fourth-order valence-corrected chi connectivity index (χ4v) is 1.86. The van der Waals surface area contributed by atoms with Crippen molar-refractivity contribution < 1.29 is 27.5 Å². The zero-order chi connectivity index (χ0) is 23.1. The van der Waals surface area contributed by atoms with Gasteiger partial charge in [0.15, 0.2) is 6.61 Å². The summed E-state index contributed by atoms with van der Waals surface area (Å²) in [5.41, 5.74) is 0.325. The van der Waals surface area contributed by atoms with Crippen LogP contribution in [-0.2, 0) is 14.3 Å². The van der Waals surface area contributed by atoms with E-state index in [2.05, 4.69) is 30.4 Å². The number of ether oxygens (including phenoxy) is 1. The summed E-state index contributed by atoms with van der Waals surface area (Å²) in [4.78, 5) is 23.6. The molecule has 0 radical (unpaired) electrons. The smallest absolute Gasteiger partial charge is 0.257 e. The maximum absolute atomic E-state index is 13.6. The molecule has 0 saturated carbocycles. The Morgan fingerprint density at radius 1 is 1.13 bits per heavy atom. The van der Waals surface area contributed by atoms with Gasteiger partial charge in [-0.15, -0.1) is 0 Å². The van der Waals surface area contributed by atoms with Crippen LogP contribution >= 0.6 is 23.2 Å². The van der Waals surface area contributed by atoms with Gasteiger partial charge in [0.2, 0.25) is 5.91 Å². The van der Waals surface area contributed by atoms with Crippen molar-refractivity contribution in [3.8, 4) is 0 Å². The monoisotopic (exact) mass is 464 g/mol. The van der Waals surface area contributed by atoms with Gasteiger partial charge < -0.3 is 15.4 Å². The lowest BCUT2D eigenvalue weighted by molar-refractivity contribution is -0.124. The SMILES string of the molecule is C=C/C(=C\C(F)=C\Cl)OCC(=O)NCCC(=C)C(=O)NCC(=C\F)/C(F)=C\C(=C)Cl. The largest absolute Gasteiger partial charge is 0.484 e. The van der Waals surface area contributed by atoms with Crippen LogP contribution in [0.5, 0.6) is 0 Å². The van der Waals surface area contributed by atoms with Crippen LogP contribution in [0.15, 0.2) is 83.4 Å². The van der Waals surface area contributed by atoms with E-state index < -0.39 is 42.2 Å². The summed E-state index contributed by atoms with van der Waals surface area (Å²) in [5, 5.41) is 4.61. The zero-order valence-corrected chi connectivity index (χ0v) is 17.5. The minimum atomic E-state index is -0.981. The number of hydrogen-bond acceptors (Lipinski definition) is 3. The molecule has 0 aliphatic heterocycles. The highest BCUT2D eigenvalue weighted by atomic mass is 35.5. The van der Waals surface area contributed by atoms with Crippen molar-refractivity contribution in [2.24, 2.45) is 0 Å². The zero-order valence-electron chi connectivity index (χ0n) is 16.0. The average Bonchev–Trinajstić information content (AvgIpc) is 2.70. The third-order valence-electron chi connectivity index (χ3n) is 3.19. The Labute approximate surface area is 182 Å². The van der Waals surface area contributed by atoms with E-state index in [1.165, 1.54) is 6.08 Å². The van der Waals surface area contributed by atoms with E-state index >= 15 is 0 Å². The van der Waals surface area contributed by atoms with Gasteiger partial charge in [-0.3, -0.25) is 9.59 Å². The Bertz CT molecular complexity index is 803. The van der Waals surface area contributed by atoms with Crippen LogP contribution in [0.4, 0.5) is 13.2 Å². The number of amides is 2. The minimum Gasteiger partial charge on any atom is -0.484 e. The van der Waals surface area contributed by atoms with Crippen molar-refractivity contribution >= 4 is 35.0 Å². The summed E-state index contributed by atoms with van der Waals surface area (Å²) in [5.74, 6) is -2.95. The second kappa shape index (κ2) is 15.2. The van der Waals surface area contributed by atoms with Gasteiger partial charge in [-0.1, -0.05) is 42.9 Å². The van der Waals surface area contributed by atoms with E-state index in [4.69, 9.17) is 27.9 Å². The molecule has 0 aromatic carbocycles. The summed E-state index contributed by atoms with van der Waals surface area (Å²) < 4.78 is 44.5. The molecule has 0 aromatic heterocycles. The lowest BCUT2D eigenvalue weighted by Crippen LogP contribution is -2.31. The molecule has 0 heterocycles. The predicted octanol–water partition coefficient (Wildman–Crippen LogP) is 4.76. The molecule has 0 rings (SSSR count). The minimum absolute atomic E-state index is 0.000849. The van der Waals surface area contributed by atoms with Crippen LogP contribution in [-0.4, -0.2) is 31.5 Å². The molecule has 0 aromatic rings. The molecule has 0 unspecified atom stereocenters. The molecule has 5 nitrogen and oxygen atoms in total. The van der Waals surface area contributed by atoms with Gasteiger partial charge in [0, 0.05) is 40.9 Å². The van der Waals surface area contributed by atoms with Crippen LogP contribution in [0.25, 0.3) is 0 Å². The molecule has 0 aliphatic rings. The number of carbonyl (C=O) groups is 2. The lowest BCUT2D eigenvalue weighted by atomic mass is 10.2. The number of rotatable bonds is 13. The summed E-state index contributed by atoms with van der Waals surface area (Å²) in [6.07, 6.45) is 3.01. The number of nitrogens with one attached hydrogen (secondary N) is 2. The molecule has 0 bridgehead atoms. The molecule has 2 amide bonds. The van der Waals surface area contributed by atoms with Crippen LogP contribution in [0.2, 0.25) is 0 Å². The van der Waals surface area contributed by atoms with E-state index in [9.17, 15) is 22.8 Å². The fourth-order valence-electron chi connectivity index (χ4n) is 1.70. The third kappa shape index (κ3) is 12.0. The molecule has 164 valence electrons.